The Morgan fingerprint density at radius 3 is 2.67 bits per heavy atom. The molecule has 0 spiro atoms. The Morgan fingerprint density at radius 2 is 2.00 bits per heavy atom. The van der Waals surface area contributed by atoms with E-state index in [0.29, 0.717) is 13.0 Å². The second-order valence-electron chi connectivity index (χ2n) is 6.10. The fourth-order valence-corrected chi connectivity index (χ4v) is 2.73. The molecule has 0 saturated carbocycles. The average Bonchev–Trinajstić information content (AvgIpc) is 2.50. The largest absolute Gasteiger partial charge is 0.355 e. The standard InChI is InChI=1S/C17H27N3O/c1-14-7-10-20(11-8-14)12-9-19-17(21)13-16(18)15-5-3-2-4-6-15/h2-6,14,16H,7-13,18H2,1H3,(H,19,21). The summed E-state index contributed by atoms with van der Waals surface area (Å²) in [6.45, 7) is 6.28. The van der Waals surface area contributed by atoms with Crippen molar-refractivity contribution < 1.29 is 4.79 Å². The lowest BCUT2D eigenvalue weighted by Crippen LogP contribution is -2.39. The molecule has 1 amide bonds. The van der Waals surface area contributed by atoms with Gasteiger partial charge in [-0.25, -0.2) is 0 Å². The topological polar surface area (TPSA) is 58.4 Å². The average molecular weight is 289 g/mol. The Kier molecular flexibility index (Phi) is 6.21. The number of nitrogens with zero attached hydrogens (tertiary/aromatic N) is 1. The summed E-state index contributed by atoms with van der Waals surface area (Å²) in [5, 5.41) is 2.98. The summed E-state index contributed by atoms with van der Waals surface area (Å²) in [7, 11) is 0. The fraction of sp³-hybridized carbons (Fsp3) is 0.588. The van der Waals surface area contributed by atoms with Gasteiger partial charge in [-0.05, 0) is 37.4 Å². The van der Waals surface area contributed by atoms with Crippen LogP contribution in [0.4, 0.5) is 0 Å². The number of nitrogens with one attached hydrogen (secondary N) is 1. The highest BCUT2D eigenvalue weighted by molar-refractivity contribution is 5.76. The van der Waals surface area contributed by atoms with Crippen molar-refractivity contribution in [3.63, 3.8) is 0 Å². The minimum Gasteiger partial charge on any atom is -0.355 e. The maximum atomic E-state index is 11.9. The molecule has 2 rings (SSSR count). The lowest BCUT2D eigenvalue weighted by atomic mass is 9.99. The van der Waals surface area contributed by atoms with E-state index in [4.69, 9.17) is 5.73 Å². The number of likely N-dealkylation sites (tertiary alicyclic amines) is 1. The molecule has 1 aromatic carbocycles. The number of piperidine rings is 1. The molecular formula is C17H27N3O. The first kappa shape index (κ1) is 16.0. The molecule has 1 atom stereocenters. The maximum Gasteiger partial charge on any atom is 0.221 e. The molecule has 0 bridgehead atoms. The zero-order valence-electron chi connectivity index (χ0n) is 12.9. The first-order valence-electron chi connectivity index (χ1n) is 7.94. The SMILES string of the molecule is CC1CCN(CCNC(=O)CC(N)c2ccccc2)CC1. The molecule has 0 aliphatic carbocycles. The molecule has 3 N–H and O–H groups in total. The van der Waals surface area contributed by atoms with Gasteiger partial charge >= 0.3 is 0 Å². The zero-order chi connectivity index (χ0) is 15.1. The monoisotopic (exact) mass is 289 g/mol. The van der Waals surface area contributed by atoms with Crippen molar-refractivity contribution in [3.8, 4) is 0 Å². The molecule has 1 aliphatic rings. The Labute approximate surface area is 127 Å². The number of hydrogen-bond donors (Lipinski definition) is 2. The first-order chi connectivity index (χ1) is 10.1. The van der Waals surface area contributed by atoms with Gasteiger partial charge in [0.05, 0.1) is 0 Å². The van der Waals surface area contributed by atoms with Gasteiger partial charge in [0.15, 0.2) is 0 Å². The summed E-state index contributed by atoms with van der Waals surface area (Å²) >= 11 is 0. The first-order valence-corrected chi connectivity index (χ1v) is 7.94. The summed E-state index contributed by atoms with van der Waals surface area (Å²) in [6.07, 6.45) is 2.89. The number of nitrogens with two attached hydrogens (primary N) is 1. The molecule has 1 saturated heterocycles. The van der Waals surface area contributed by atoms with Gasteiger partial charge in [-0.2, -0.15) is 0 Å². The van der Waals surface area contributed by atoms with Gasteiger partial charge in [-0.15, -0.1) is 0 Å². The number of hydrogen-bond acceptors (Lipinski definition) is 3. The molecule has 0 aromatic heterocycles. The predicted molar refractivity (Wildman–Crippen MR) is 85.8 cm³/mol. The van der Waals surface area contributed by atoms with E-state index in [2.05, 4.69) is 17.1 Å². The molecule has 1 heterocycles. The Bertz CT molecular complexity index is 427. The molecule has 1 fully saturated rings. The van der Waals surface area contributed by atoms with Gasteiger partial charge in [0.2, 0.25) is 5.91 Å². The van der Waals surface area contributed by atoms with Crippen LogP contribution in [0, 0.1) is 5.92 Å². The summed E-state index contributed by atoms with van der Waals surface area (Å²) in [4.78, 5) is 14.3. The van der Waals surface area contributed by atoms with Crippen LogP contribution in [0.3, 0.4) is 0 Å². The smallest absolute Gasteiger partial charge is 0.221 e. The van der Waals surface area contributed by atoms with Crippen molar-refractivity contribution in [1.82, 2.24) is 10.2 Å². The number of carbonyl (C=O) groups excluding carboxylic acids is 1. The molecule has 116 valence electrons. The van der Waals surface area contributed by atoms with E-state index in [9.17, 15) is 4.79 Å². The summed E-state index contributed by atoms with van der Waals surface area (Å²) < 4.78 is 0. The fourth-order valence-electron chi connectivity index (χ4n) is 2.73. The Morgan fingerprint density at radius 1 is 1.33 bits per heavy atom. The van der Waals surface area contributed by atoms with Crippen molar-refractivity contribution in [2.24, 2.45) is 11.7 Å². The van der Waals surface area contributed by atoms with E-state index in [1.807, 2.05) is 30.3 Å². The maximum absolute atomic E-state index is 11.9. The van der Waals surface area contributed by atoms with Gasteiger partial charge < -0.3 is 16.0 Å². The molecule has 0 radical (unpaired) electrons. The van der Waals surface area contributed by atoms with E-state index < -0.39 is 0 Å². The number of carbonyl (C=O) groups is 1. The lowest BCUT2D eigenvalue weighted by molar-refractivity contribution is -0.121. The van der Waals surface area contributed by atoms with Crippen LogP contribution in [0.1, 0.15) is 37.8 Å². The molecule has 4 nitrogen and oxygen atoms in total. The molecule has 21 heavy (non-hydrogen) atoms. The van der Waals surface area contributed by atoms with Gasteiger partial charge in [-0.3, -0.25) is 4.79 Å². The van der Waals surface area contributed by atoms with Crippen LogP contribution in [0.2, 0.25) is 0 Å². The summed E-state index contributed by atoms with van der Waals surface area (Å²) in [6, 6.07) is 9.56. The highest BCUT2D eigenvalue weighted by Crippen LogP contribution is 2.15. The van der Waals surface area contributed by atoms with E-state index in [1.54, 1.807) is 0 Å². The molecule has 1 aromatic rings. The van der Waals surface area contributed by atoms with Crippen LogP contribution in [0.5, 0.6) is 0 Å². The molecule has 1 aliphatic heterocycles. The van der Waals surface area contributed by atoms with Crippen LogP contribution in [0.25, 0.3) is 0 Å². The van der Waals surface area contributed by atoms with Crippen molar-refractivity contribution in [1.29, 1.82) is 0 Å². The van der Waals surface area contributed by atoms with Gasteiger partial charge in [0.25, 0.3) is 0 Å². The zero-order valence-corrected chi connectivity index (χ0v) is 12.9. The Hall–Kier alpha value is -1.39. The van der Waals surface area contributed by atoms with Crippen molar-refractivity contribution in [2.75, 3.05) is 26.2 Å². The summed E-state index contributed by atoms with van der Waals surface area (Å²) in [5.74, 6) is 0.886. The van der Waals surface area contributed by atoms with Crippen LogP contribution in [-0.4, -0.2) is 37.0 Å². The second kappa shape index (κ2) is 8.15. The minimum atomic E-state index is -0.220. The predicted octanol–water partition coefficient (Wildman–Crippen LogP) is 1.92. The highest BCUT2D eigenvalue weighted by atomic mass is 16.1. The number of benzene rings is 1. The molecule has 4 heteroatoms. The molecule has 1 unspecified atom stereocenters. The van der Waals surface area contributed by atoms with Crippen LogP contribution < -0.4 is 11.1 Å². The van der Waals surface area contributed by atoms with Crippen LogP contribution in [0.15, 0.2) is 30.3 Å². The van der Waals surface area contributed by atoms with Gasteiger partial charge in [0, 0.05) is 25.6 Å². The minimum absolute atomic E-state index is 0.0386. The van der Waals surface area contributed by atoms with Crippen LogP contribution >= 0.6 is 0 Å². The second-order valence-corrected chi connectivity index (χ2v) is 6.10. The van der Waals surface area contributed by atoms with Gasteiger partial charge in [0.1, 0.15) is 0 Å². The van der Waals surface area contributed by atoms with E-state index in [0.717, 1.165) is 31.1 Å². The van der Waals surface area contributed by atoms with Crippen molar-refractivity contribution in [2.45, 2.75) is 32.2 Å². The van der Waals surface area contributed by atoms with Gasteiger partial charge in [-0.1, -0.05) is 37.3 Å². The normalized spacial score (nSPS) is 18.4. The lowest BCUT2D eigenvalue weighted by Gasteiger charge is -2.30. The third-order valence-electron chi connectivity index (χ3n) is 4.26. The van der Waals surface area contributed by atoms with Crippen molar-refractivity contribution in [3.05, 3.63) is 35.9 Å². The Balaban J connectivity index is 1.63. The van der Waals surface area contributed by atoms with Crippen LogP contribution in [-0.2, 0) is 4.79 Å². The molecular weight excluding hydrogens is 262 g/mol. The van der Waals surface area contributed by atoms with E-state index in [1.165, 1.54) is 12.8 Å². The van der Waals surface area contributed by atoms with Crippen molar-refractivity contribution >= 4 is 5.91 Å². The quantitative estimate of drug-likeness (QED) is 0.841. The third-order valence-corrected chi connectivity index (χ3v) is 4.26. The summed E-state index contributed by atoms with van der Waals surface area (Å²) in [5.41, 5.74) is 7.07. The third kappa shape index (κ3) is 5.48. The van der Waals surface area contributed by atoms with E-state index in [-0.39, 0.29) is 11.9 Å². The number of amides is 1. The highest BCUT2D eigenvalue weighted by Gasteiger charge is 2.16. The van der Waals surface area contributed by atoms with E-state index >= 15 is 0 Å². The number of rotatable bonds is 6.